The number of halogens is 2. The van der Waals surface area contributed by atoms with Crippen molar-refractivity contribution in [1.29, 1.82) is 0 Å². The molecule has 1 atom stereocenters. The zero-order chi connectivity index (χ0) is 16.1. The van der Waals surface area contributed by atoms with E-state index in [2.05, 4.69) is 15.6 Å². The van der Waals surface area contributed by atoms with Gasteiger partial charge in [0.2, 0.25) is 11.8 Å². The van der Waals surface area contributed by atoms with E-state index in [1.807, 2.05) is 5.38 Å². The van der Waals surface area contributed by atoms with E-state index < -0.39 is 0 Å². The first kappa shape index (κ1) is 22.2. The number of nitrogens with one attached hydrogen (secondary N) is 2. The molecule has 2 amide bonds. The Balaban J connectivity index is 0.00000156. The molecular formula is C16H26Cl2N4O2S. The Kier molecular flexibility index (Phi) is 9.71. The summed E-state index contributed by atoms with van der Waals surface area (Å²) >= 11 is 1.40. The van der Waals surface area contributed by atoms with Gasteiger partial charge >= 0.3 is 0 Å². The SMILES string of the molecule is Cl.Cl.O=C(Nc1nccs1)C1CCCN1C(=O)CCC1CCNCC1. The van der Waals surface area contributed by atoms with Crippen LogP contribution in [0.3, 0.4) is 0 Å². The Bertz CT molecular complexity index is 538. The van der Waals surface area contributed by atoms with Crippen LogP contribution in [0, 0.1) is 5.92 Å². The summed E-state index contributed by atoms with van der Waals surface area (Å²) in [6.45, 7) is 2.81. The van der Waals surface area contributed by atoms with Crippen LogP contribution in [0.4, 0.5) is 5.13 Å². The van der Waals surface area contributed by atoms with Gasteiger partial charge in [0.15, 0.2) is 5.13 Å². The van der Waals surface area contributed by atoms with E-state index in [-0.39, 0.29) is 42.7 Å². The lowest BCUT2D eigenvalue weighted by atomic mass is 9.93. The monoisotopic (exact) mass is 408 g/mol. The number of likely N-dealkylation sites (tertiary alicyclic amines) is 1. The minimum Gasteiger partial charge on any atom is -0.331 e. The zero-order valence-corrected chi connectivity index (χ0v) is 16.6. The lowest BCUT2D eigenvalue weighted by Gasteiger charge is -2.26. The molecule has 3 heterocycles. The normalized spacial score (nSPS) is 20.5. The number of piperidine rings is 1. The summed E-state index contributed by atoms with van der Waals surface area (Å²) in [6.07, 6.45) is 7.12. The molecule has 0 bridgehead atoms. The number of hydrogen-bond donors (Lipinski definition) is 2. The molecule has 25 heavy (non-hydrogen) atoms. The molecule has 2 fully saturated rings. The molecule has 142 valence electrons. The Morgan fingerprint density at radius 2 is 2.04 bits per heavy atom. The summed E-state index contributed by atoms with van der Waals surface area (Å²) in [5.41, 5.74) is 0. The van der Waals surface area contributed by atoms with E-state index in [0.717, 1.165) is 45.2 Å². The van der Waals surface area contributed by atoms with Crippen LogP contribution in [0.15, 0.2) is 11.6 Å². The third kappa shape index (κ3) is 6.09. The zero-order valence-electron chi connectivity index (χ0n) is 14.1. The molecule has 0 aliphatic carbocycles. The fourth-order valence-corrected chi connectivity index (χ4v) is 3.99. The Morgan fingerprint density at radius 1 is 1.28 bits per heavy atom. The first-order valence-electron chi connectivity index (χ1n) is 8.44. The largest absolute Gasteiger partial charge is 0.331 e. The summed E-state index contributed by atoms with van der Waals surface area (Å²) in [4.78, 5) is 30.7. The van der Waals surface area contributed by atoms with Gasteiger partial charge in [-0.2, -0.15) is 0 Å². The molecule has 0 radical (unpaired) electrons. The maximum Gasteiger partial charge on any atom is 0.248 e. The standard InChI is InChI=1S/C16H24N4O2S.2ClH/c21-14(4-3-12-5-7-17-8-6-12)20-10-1-2-13(20)15(22)19-16-18-9-11-23-16;;/h9,11-13,17H,1-8,10H2,(H,18,19,22);2*1H. The third-order valence-electron chi connectivity index (χ3n) is 4.76. The summed E-state index contributed by atoms with van der Waals surface area (Å²) < 4.78 is 0. The van der Waals surface area contributed by atoms with Gasteiger partial charge in [-0.25, -0.2) is 4.98 Å². The van der Waals surface area contributed by atoms with Crippen molar-refractivity contribution >= 4 is 53.1 Å². The molecule has 1 unspecified atom stereocenters. The molecule has 1 aromatic rings. The smallest absolute Gasteiger partial charge is 0.248 e. The van der Waals surface area contributed by atoms with E-state index in [1.165, 1.54) is 11.3 Å². The van der Waals surface area contributed by atoms with Crippen LogP contribution in [0.1, 0.15) is 38.5 Å². The average molecular weight is 409 g/mol. The summed E-state index contributed by atoms with van der Waals surface area (Å²) in [5, 5.41) is 8.59. The maximum atomic E-state index is 12.5. The molecule has 2 aliphatic rings. The van der Waals surface area contributed by atoms with Gasteiger partial charge < -0.3 is 15.5 Å². The van der Waals surface area contributed by atoms with Crippen molar-refractivity contribution < 1.29 is 9.59 Å². The van der Waals surface area contributed by atoms with Crippen molar-refractivity contribution in [2.24, 2.45) is 5.92 Å². The van der Waals surface area contributed by atoms with Gasteiger partial charge in [-0.3, -0.25) is 9.59 Å². The predicted molar refractivity (Wildman–Crippen MR) is 105 cm³/mol. The van der Waals surface area contributed by atoms with Gasteiger partial charge in [0.05, 0.1) is 0 Å². The minimum atomic E-state index is -0.334. The second-order valence-corrected chi connectivity index (χ2v) is 7.20. The molecule has 2 N–H and O–H groups in total. The van der Waals surface area contributed by atoms with Crippen molar-refractivity contribution in [3.63, 3.8) is 0 Å². The molecule has 0 saturated carbocycles. The summed E-state index contributed by atoms with van der Waals surface area (Å²) in [5.74, 6) is 0.665. The minimum absolute atomic E-state index is 0. The highest BCUT2D eigenvalue weighted by molar-refractivity contribution is 7.13. The highest BCUT2D eigenvalue weighted by Crippen LogP contribution is 2.23. The van der Waals surface area contributed by atoms with E-state index in [0.29, 0.717) is 24.0 Å². The lowest BCUT2D eigenvalue weighted by molar-refractivity contribution is -0.136. The first-order valence-corrected chi connectivity index (χ1v) is 9.32. The van der Waals surface area contributed by atoms with Crippen molar-refractivity contribution in [2.45, 2.75) is 44.6 Å². The van der Waals surface area contributed by atoms with Gasteiger partial charge in [0.25, 0.3) is 0 Å². The Labute approximate surface area is 165 Å². The van der Waals surface area contributed by atoms with E-state index in [4.69, 9.17) is 0 Å². The average Bonchev–Trinajstić information content (AvgIpc) is 3.24. The molecule has 3 rings (SSSR count). The second-order valence-electron chi connectivity index (χ2n) is 6.30. The number of carbonyl (C=O) groups is 2. The molecule has 6 nitrogen and oxygen atoms in total. The van der Waals surface area contributed by atoms with Crippen LogP contribution in [-0.4, -0.2) is 47.4 Å². The Hall–Kier alpha value is -0.890. The number of carbonyl (C=O) groups excluding carboxylic acids is 2. The molecule has 9 heteroatoms. The molecule has 0 aromatic carbocycles. The molecular weight excluding hydrogens is 383 g/mol. The molecule has 2 saturated heterocycles. The number of aromatic nitrogens is 1. The highest BCUT2D eigenvalue weighted by atomic mass is 35.5. The van der Waals surface area contributed by atoms with Gasteiger partial charge in [-0.1, -0.05) is 0 Å². The van der Waals surface area contributed by atoms with E-state index in [9.17, 15) is 9.59 Å². The number of anilines is 1. The predicted octanol–water partition coefficient (Wildman–Crippen LogP) is 2.70. The van der Waals surface area contributed by atoms with Gasteiger partial charge in [-0.15, -0.1) is 36.2 Å². The van der Waals surface area contributed by atoms with Crippen LogP contribution in [0.2, 0.25) is 0 Å². The van der Waals surface area contributed by atoms with Gasteiger partial charge in [-0.05, 0) is 51.1 Å². The number of rotatable bonds is 5. The van der Waals surface area contributed by atoms with Crippen LogP contribution >= 0.6 is 36.2 Å². The van der Waals surface area contributed by atoms with Crippen LogP contribution in [0.25, 0.3) is 0 Å². The lowest BCUT2D eigenvalue weighted by Crippen LogP contribution is -2.43. The topological polar surface area (TPSA) is 74.3 Å². The van der Waals surface area contributed by atoms with Crippen molar-refractivity contribution in [1.82, 2.24) is 15.2 Å². The number of thiazole rings is 1. The van der Waals surface area contributed by atoms with E-state index in [1.54, 1.807) is 11.1 Å². The number of nitrogens with zero attached hydrogens (tertiary/aromatic N) is 2. The summed E-state index contributed by atoms with van der Waals surface area (Å²) in [7, 11) is 0. The quantitative estimate of drug-likeness (QED) is 0.784. The van der Waals surface area contributed by atoms with Crippen LogP contribution in [-0.2, 0) is 9.59 Å². The summed E-state index contributed by atoms with van der Waals surface area (Å²) in [6, 6.07) is -0.334. The van der Waals surface area contributed by atoms with Gasteiger partial charge in [0, 0.05) is 24.5 Å². The van der Waals surface area contributed by atoms with Crippen LogP contribution < -0.4 is 10.6 Å². The fraction of sp³-hybridized carbons (Fsp3) is 0.688. The first-order chi connectivity index (χ1) is 11.2. The molecule has 0 spiro atoms. The molecule has 2 aliphatic heterocycles. The Morgan fingerprint density at radius 3 is 2.72 bits per heavy atom. The maximum absolute atomic E-state index is 12.5. The van der Waals surface area contributed by atoms with Gasteiger partial charge in [0.1, 0.15) is 6.04 Å². The molecule has 1 aromatic heterocycles. The van der Waals surface area contributed by atoms with Crippen molar-refractivity contribution in [3.8, 4) is 0 Å². The van der Waals surface area contributed by atoms with E-state index >= 15 is 0 Å². The second kappa shape index (κ2) is 11.0. The fourth-order valence-electron chi connectivity index (χ4n) is 3.45. The highest BCUT2D eigenvalue weighted by Gasteiger charge is 2.34. The number of amides is 2. The van der Waals surface area contributed by atoms with Crippen molar-refractivity contribution in [3.05, 3.63) is 11.6 Å². The van der Waals surface area contributed by atoms with Crippen LogP contribution in [0.5, 0.6) is 0 Å². The van der Waals surface area contributed by atoms with Crippen molar-refractivity contribution in [2.75, 3.05) is 25.0 Å². The third-order valence-corrected chi connectivity index (χ3v) is 5.45. The number of hydrogen-bond acceptors (Lipinski definition) is 5.